The first-order valence-corrected chi connectivity index (χ1v) is 7.46. The van der Waals surface area contributed by atoms with E-state index in [4.69, 9.17) is 9.47 Å². The second-order valence-corrected chi connectivity index (χ2v) is 5.50. The van der Waals surface area contributed by atoms with Crippen LogP contribution in [0, 0.1) is 15.9 Å². The van der Waals surface area contributed by atoms with Crippen molar-refractivity contribution >= 4 is 11.4 Å². The highest BCUT2D eigenvalue weighted by atomic mass is 19.1. The average molecular weight is 332 g/mol. The summed E-state index contributed by atoms with van der Waals surface area (Å²) in [5.41, 5.74) is 1.80. The summed E-state index contributed by atoms with van der Waals surface area (Å²) in [6.07, 6.45) is 0.662. The van der Waals surface area contributed by atoms with Crippen LogP contribution in [0.2, 0.25) is 0 Å². The Labute approximate surface area is 138 Å². The first-order chi connectivity index (χ1) is 11.5. The number of nitro groups is 1. The van der Waals surface area contributed by atoms with E-state index in [1.807, 2.05) is 18.2 Å². The fraction of sp³-hybridized carbons (Fsp3) is 0.294. The van der Waals surface area contributed by atoms with E-state index in [9.17, 15) is 14.5 Å². The number of rotatable bonds is 4. The van der Waals surface area contributed by atoms with Crippen LogP contribution in [0.3, 0.4) is 0 Å². The highest BCUT2D eigenvalue weighted by Gasteiger charge is 2.29. The number of fused-ring (bicyclic) bond motifs is 1. The van der Waals surface area contributed by atoms with Crippen molar-refractivity contribution in [2.45, 2.75) is 13.0 Å². The number of anilines is 1. The molecule has 1 aliphatic heterocycles. The molecule has 0 radical (unpaired) electrons. The quantitative estimate of drug-likeness (QED) is 0.635. The number of nitro benzene ring substituents is 1. The summed E-state index contributed by atoms with van der Waals surface area (Å²) in [7, 11) is 3.02. The summed E-state index contributed by atoms with van der Waals surface area (Å²) in [6, 6.07) is 8.26. The van der Waals surface area contributed by atoms with E-state index in [2.05, 4.69) is 0 Å². The van der Waals surface area contributed by atoms with E-state index in [1.54, 1.807) is 12.0 Å². The highest BCUT2D eigenvalue weighted by molar-refractivity contribution is 5.67. The summed E-state index contributed by atoms with van der Waals surface area (Å²) in [5.74, 6) is 0.161. The Kier molecular flexibility index (Phi) is 4.24. The monoisotopic (exact) mass is 332 g/mol. The van der Waals surface area contributed by atoms with Gasteiger partial charge in [-0.1, -0.05) is 12.1 Å². The number of nitrogens with zero attached hydrogens (tertiary/aromatic N) is 2. The lowest BCUT2D eigenvalue weighted by atomic mass is 9.98. The Balaban J connectivity index is 2.04. The fourth-order valence-electron chi connectivity index (χ4n) is 3.07. The van der Waals surface area contributed by atoms with Gasteiger partial charge < -0.3 is 14.4 Å². The Morgan fingerprint density at radius 2 is 2.04 bits per heavy atom. The van der Waals surface area contributed by atoms with E-state index in [-0.39, 0.29) is 11.4 Å². The predicted octanol–water partition coefficient (Wildman–Crippen LogP) is 3.31. The van der Waals surface area contributed by atoms with Gasteiger partial charge in [-0.3, -0.25) is 10.1 Å². The van der Waals surface area contributed by atoms with Gasteiger partial charge in [0.25, 0.3) is 0 Å². The second-order valence-electron chi connectivity index (χ2n) is 5.50. The van der Waals surface area contributed by atoms with Crippen molar-refractivity contribution in [2.75, 3.05) is 25.7 Å². The number of halogens is 1. The fourth-order valence-corrected chi connectivity index (χ4v) is 3.07. The standard InChI is InChI=1S/C17H17FN2O4/c1-23-12-8-14(18)17(20(21)22)15(9-12)19-7-6-13-11(10-19)4-3-5-16(13)24-2/h3-5,8-9H,6-7,10H2,1-2H3. The van der Waals surface area contributed by atoms with Crippen LogP contribution in [0.15, 0.2) is 30.3 Å². The third kappa shape index (κ3) is 2.73. The lowest BCUT2D eigenvalue weighted by molar-refractivity contribution is -0.386. The topological polar surface area (TPSA) is 64.8 Å². The molecule has 0 saturated heterocycles. The molecular weight excluding hydrogens is 315 g/mol. The predicted molar refractivity (Wildman–Crippen MR) is 87.4 cm³/mol. The molecule has 0 unspecified atom stereocenters. The zero-order chi connectivity index (χ0) is 17.3. The van der Waals surface area contributed by atoms with Crippen LogP contribution in [0.25, 0.3) is 0 Å². The van der Waals surface area contributed by atoms with E-state index in [0.717, 1.165) is 22.9 Å². The molecular formula is C17H17FN2O4. The lowest BCUT2D eigenvalue weighted by Gasteiger charge is -2.31. The Bertz CT molecular complexity index is 794. The smallest absolute Gasteiger partial charge is 0.328 e. The van der Waals surface area contributed by atoms with Crippen LogP contribution < -0.4 is 14.4 Å². The first kappa shape index (κ1) is 16.0. The zero-order valence-corrected chi connectivity index (χ0v) is 13.4. The van der Waals surface area contributed by atoms with Crippen LogP contribution in [0.1, 0.15) is 11.1 Å². The number of hydrogen-bond donors (Lipinski definition) is 0. The highest BCUT2D eigenvalue weighted by Crippen LogP contribution is 2.38. The molecule has 2 aromatic rings. The summed E-state index contributed by atoms with van der Waals surface area (Å²) in [6.45, 7) is 0.973. The molecule has 0 aliphatic carbocycles. The summed E-state index contributed by atoms with van der Waals surface area (Å²) in [4.78, 5) is 12.4. The van der Waals surface area contributed by atoms with Gasteiger partial charge in [0.2, 0.25) is 5.82 Å². The van der Waals surface area contributed by atoms with Crippen LogP contribution >= 0.6 is 0 Å². The molecule has 0 N–H and O–H groups in total. The number of hydrogen-bond acceptors (Lipinski definition) is 5. The molecule has 2 aromatic carbocycles. The zero-order valence-electron chi connectivity index (χ0n) is 13.4. The van der Waals surface area contributed by atoms with E-state index >= 15 is 0 Å². The number of methoxy groups -OCH3 is 2. The maximum atomic E-state index is 14.1. The van der Waals surface area contributed by atoms with Crippen molar-refractivity contribution in [3.8, 4) is 11.5 Å². The molecule has 1 aliphatic rings. The van der Waals surface area contributed by atoms with Crippen molar-refractivity contribution in [1.29, 1.82) is 0 Å². The van der Waals surface area contributed by atoms with Crippen LogP contribution in [-0.2, 0) is 13.0 Å². The minimum atomic E-state index is -0.897. The van der Waals surface area contributed by atoms with Crippen molar-refractivity contribution in [1.82, 2.24) is 0 Å². The third-order valence-electron chi connectivity index (χ3n) is 4.22. The molecule has 1 heterocycles. The molecule has 0 spiro atoms. The Morgan fingerprint density at radius 3 is 2.71 bits per heavy atom. The van der Waals surface area contributed by atoms with Crippen molar-refractivity contribution < 1.29 is 18.8 Å². The average Bonchev–Trinajstić information content (AvgIpc) is 2.59. The first-order valence-electron chi connectivity index (χ1n) is 7.46. The molecule has 7 heteroatoms. The van der Waals surface area contributed by atoms with Gasteiger partial charge in [0.1, 0.15) is 17.2 Å². The SMILES string of the molecule is COc1cc(F)c([N+](=O)[O-])c(N2CCc3c(cccc3OC)C2)c1. The molecule has 126 valence electrons. The Hall–Kier alpha value is -2.83. The van der Waals surface area contributed by atoms with Crippen molar-refractivity contribution in [3.05, 3.63) is 57.4 Å². The second kappa shape index (κ2) is 6.35. The molecule has 0 amide bonds. The van der Waals surface area contributed by atoms with Gasteiger partial charge in [-0.2, -0.15) is 4.39 Å². The van der Waals surface area contributed by atoms with Gasteiger partial charge >= 0.3 is 5.69 Å². The third-order valence-corrected chi connectivity index (χ3v) is 4.22. The molecule has 3 rings (SSSR count). The van der Waals surface area contributed by atoms with Gasteiger partial charge in [0.05, 0.1) is 19.1 Å². The van der Waals surface area contributed by atoms with E-state index < -0.39 is 16.4 Å². The molecule has 0 aromatic heterocycles. The maximum absolute atomic E-state index is 14.1. The molecule has 0 saturated carbocycles. The van der Waals surface area contributed by atoms with Gasteiger partial charge in [-0.25, -0.2) is 0 Å². The van der Waals surface area contributed by atoms with Gasteiger partial charge in [0, 0.05) is 30.8 Å². The van der Waals surface area contributed by atoms with Gasteiger partial charge in [-0.05, 0) is 18.1 Å². The van der Waals surface area contributed by atoms with Gasteiger partial charge in [-0.15, -0.1) is 0 Å². The normalized spacial score (nSPS) is 13.4. The lowest BCUT2D eigenvalue weighted by Crippen LogP contribution is -2.31. The molecule has 6 nitrogen and oxygen atoms in total. The van der Waals surface area contributed by atoms with E-state index in [1.165, 1.54) is 13.2 Å². The van der Waals surface area contributed by atoms with Crippen molar-refractivity contribution in [2.24, 2.45) is 0 Å². The van der Waals surface area contributed by atoms with E-state index in [0.29, 0.717) is 19.5 Å². The minimum absolute atomic E-state index is 0.227. The van der Waals surface area contributed by atoms with Crippen molar-refractivity contribution in [3.63, 3.8) is 0 Å². The van der Waals surface area contributed by atoms with Gasteiger partial charge in [0.15, 0.2) is 0 Å². The van der Waals surface area contributed by atoms with Crippen LogP contribution in [0.4, 0.5) is 15.8 Å². The molecule has 0 atom stereocenters. The number of benzene rings is 2. The summed E-state index contributed by atoms with van der Waals surface area (Å²) >= 11 is 0. The number of ether oxygens (including phenoxy) is 2. The summed E-state index contributed by atoms with van der Waals surface area (Å²) < 4.78 is 24.6. The minimum Gasteiger partial charge on any atom is -0.497 e. The molecule has 0 bridgehead atoms. The largest absolute Gasteiger partial charge is 0.497 e. The summed E-state index contributed by atoms with van der Waals surface area (Å²) in [5, 5.41) is 11.3. The molecule has 0 fully saturated rings. The molecule has 24 heavy (non-hydrogen) atoms. The van der Waals surface area contributed by atoms with Crippen LogP contribution in [0.5, 0.6) is 11.5 Å². The maximum Gasteiger partial charge on any atom is 0.328 e. The Morgan fingerprint density at radius 1 is 1.25 bits per heavy atom. The van der Waals surface area contributed by atoms with Crippen LogP contribution in [-0.4, -0.2) is 25.7 Å².